The van der Waals surface area contributed by atoms with Crippen LogP contribution in [0.3, 0.4) is 0 Å². The molecule has 3 rings (SSSR count). The average molecular weight is 512 g/mol. The van der Waals surface area contributed by atoms with Gasteiger partial charge in [-0.05, 0) is 60.4 Å². The molecule has 3 aromatic rings. The maximum atomic E-state index is 12.5. The van der Waals surface area contributed by atoms with Crippen molar-refractivity contribution in [2.45, 2.75) is 45.6 Å². The molecule has 182 valence electrons. The number of nitrogens with one attached hydrogen (secondary N) is 1. The summed E-state index contributed by atoms with van der Waals surface area (Å²) in [7, 11) is 0. The van der Waals surface area contributed by atoms with E-state index in [9.17, 15) is 18.0 Å². The Morgan fingerprint density at radius 2 is 1.85 bits per heavy atom. The number of amides is 1. The second-order valence-corrected chi connectivity index (χ2v) is 8.80. The molecule has 1 heterocycles. The van der Waals surface area contributed by atoms with Crippen molar-refractivity contribution in [3.63, 3.8) is 0 Å². The van der Waals surface area contributed by atoms with Crippen molar-refractivity contribution in [1.29, 1.82) is 0 Å². The second kappa shape index (κ2) is 12.1. The van der Waals surface area contributed by atoms with Gasteiger partial charge in [-0.25, -0.2) is 0 Å². The van der Waals surface area contributed by atoms with Crippen LogP contribution in [0.25, 0.3) is 11.3 Å². The van der Waals surface area contributed by atoms with Crippen molar-refractivity contribution >= 4 is 28.8 Å². The first kappa shape index (κ1) is 25.8. The van der Waals surface area contributed by atoms with E-state index in [0.717, 1.165) is 28.0 Å². The van der Waals surface area contributed by atoms with Gasteiger partial charge in [-0.15, -0.1) is 24.5 Å². The summed E-state index contributed by atoms with van der Waals surface area (Å²) >= 11 is 7.40. The van der Waals surface area contributed by atoms with Crippen LogP contribution < -0.4 is 14.9 Å². The van der Waals surface area contributed by atoms with Gasteiger partial charge in [0.05, 0.1) is 12.2 Å². The van der Waals surface area contributed by atoms with Gasteiger partial charge in [-0.3, -0.25) is 9.79 Å². The van der Waals surface area contributed by atoms with Gasteiger partial charge in [-0.1, -0.05) is 30.7 Å². The zero-order valence-corrected chi connectivity index (χ0v) is 20.1. The lowest BCUT2D eigenvalue weighted by atomic mass is 10.1. The Kier molecular flexibility index (Phi) is 9.18. The highest BCUT2D eigenvalue weighted by molar-refractivity contribution is 7.07. The van der Waals surface area contributed by atoms with E-state index in [0.29, 0.717) is 37.5 Å². The number of benzene rings is 2. The molecule has 1 N–H and O–H groups in total. The highest BCUT2D eigenvalue weighted by atomic mass is 35.5. The molecular formula is C24H25ClF3N3O2S. The zero-order chi connectivity index (χ0) is 24.6. The van der Waals surface area contributed by atoms with Crippen molar-refractivity contribution < 1.29 is 22.7 Å². The van der Waals surface area contributed by atoms with Gasteiger partial charge in [0.25, 0.3) is 0 Å². The number of nitrogens with zero attached hydrogens (tertiary/aromatic N) is 2. The van der Waals surface area contributed by atoms with Crippen LogP contribution >= 0.6 is 22.9 Å². The van der Waals surface area contributed by atoms with Crippen molar-refractivity contribution in [3.05, 3.63) is 69.3 Å². The summed E-state index contributed by atoms with van der Waals surface area (Å²) in [5.74, 6) is -0.254. The number of thiazole rings is 1. The largest absolute Gasteiger partial charge is 0.573 e. The SMILES string of the molecule is CCCC(=O)NCCCn1c(-c2ccc(OC(F)(F)F)cc2)csc1=NCc1ccc(Cl)cc1. The van der Waals surface area contributed by atoms with E-state index < -0.39 is 6.36 Å². The molecule has 0 radical (unpaired) electrons. The summed E-state index contributed by atoms with van der Waals surface area (Å²) in [5, 5.41) is 5.48. The maximum Gasteiger partial charge on any atom is 0.573 e. The molecule has 0 fully saturated rings. The van der Waals surface area contributed by atoms with Crippen molar-refractivity contribution in [2.24, 2.45) is 4.99 Å². The first-order valence-electron chi connectivity index (χ1n) is 10.8. The number of rotatable bonds is 10. The molecule has 0 aliphatic rings. The second-order valence-electron chi connectivity index (χ2n) is 7.52. The minimum absolute atomic E-state index is 0.0194. The molecule has 2 aromatic carbocycles. The lowest BCUT2D eigenvalue weighted by molar-refractivity contribution is -0.274. The number of ether oxygens (including phenoxy) is 1. The zero-order valence-electron chi connectivity index (χ0n) is 18.6. The van der Waals surface area contributed by atoms with E-state index in [4.69, 9.17) is 16.6 Å². The van der Waals surface area contributed by atoms with Crippen LogP contribution in [-0.4, -0.2) is 23.4 Å². The molecule has 5 nitrogen and oxygen atoms in total. The molecule has 0 atom stereocenters. The molecule has 0 saturated heterocycles. The Hall–Kier alpha value is -2.78. The molecule has 0 aliphatic carbocycles. The Morgan fingerprint density at radius 1 is 1.15 bits per heavy atom. The fraction of sp³-hybridized carbons (Fsp3) is 0.333. The Balaban J connectivity index is 1.82. The van der Waals surface area contributed by atoms with E-state index in [1.807, 2.05) is 41.1 Å². The van der Waals surface area contributed by atoms with Gasteiger partial charge < -0.3 is 14.6 Å². The van der Waals surface area contributed by atoms with E-state index in [1.54, 1.807) is 12.1 Å². The highest BCUT2D eigenvalue weighted by Crippen LogP contribution is 2.27. The van der Waals surface area contributed by atoms with Crippen molar-refractivity contribution in [2.75, 3.05) is 6.54 Å². The third-order valence-corrected chi connectivity index (χ3v) is 6.00. The fourth-order valence-corrected chi connectivity index (χ4v) is 4.32. The summed E-state index contributed by atoms with van der Waals surface area (Å²) < 4.78 is 43.4. The lowest BCUT2D eigenvalue weighted by Crippen LogP contribution is -2.26. The van der Waals surface area contributed by atoms with E-state index >= 15 is 0 Å². The van der Waals surface area contributed by atoms with Crippen LogP contribution in [0.1, 0.15) is 31.7 Å². The van der Waals surface area contributed by atoms with Gasteiger partial charge in [0.1, 0.15) is 5.75 Å². The number of carbonyl (C=O) groups is 1. The van der Waals surface area contributed by atoms with E-state index in [2.05, 4.69) is 10.1 Å². The molecule has 0 aliphatic heterocycles. The third kappa shape index (κ3) is 7.92. The topological polar surface area (TPSA) is 55.6 Å². The number of carbonyl (C=O) groups excluding carboxylic acids is 1. The Labute approximate surface area is 204 Å². The summed E-state index contributed by atoms with van der Waals surface area (Å²) in [5.41, 5.74) is 2.58. The molecule has 34 heavy (non-hydrogen) atoms. The summed E-state index contributed by atoms with van der Waals surface area (Å²) in [6.45, 7) is 3.52. The van der Waals surface area contributed by atoms with Crippen LogP contribution in [0.5, 0.6) is 5.75 Å². The molecule has 0 saturated carbocycles. The number of hydrogen-bond acceptors (Lipinski definition) is 4. The van der Waals surface area contributed by atoms with Crippen molar-refractivity contribution in [1.82, 2.24) is 9.88 Å². The highest BCUT2D eigenvalue weighted by Gasteiger charge is 2.31. The monoisotopic (exact) mass is 511 g/mol. The van der Waals surface area contributed by atoms with Crippen LogP contribution in [-0.2, 0) is 17.9 Å². The van der Waals surface area contributed by atoms with Crippen LogP contribution in [0, 0.1) is 0 Å². The molecule has 1 amide bonds. The first-order chi connectivity index (χ1) is 16.2. The maximum absolute atomic E-state index is 12.5. The lowest BCUT2D eigenvalue weighted by Gasteiger charge is -2.12. The summed E-state index contributed by atoms with van der Waals surface area (Å²) in [4.78, 5) is 17.3. The standard InChI is InChI=1S/C24H25ClF3N3O2S/c1-2-4-22(32)29-13-3-14-31-21(18-7-11-20(12-8-18)33-24(26,27)28)16-34-23(31)30-15-17-5-9-19(25)10-6-17/h5-12,16H,2-4,13-15H2,1H3,(H,29,32). The minimum atomic E-state index is -4.74. The normalized spacial score (nSPS) is 12.1. The van der Waals surface area contributed by atoms with Crippen LogP contribution in [0.4, 0.5) is 13.2 Å². The average Bonchev–Trinajstić information content (AvgIpc) is 3.18. The molecule has 1 aromatic heterocycles. The smallest absolute Gasteiger partial charge is 0.406 e. The van der Waals surface area contributed by atoms with Gasteiger partial charge in [0.15, 0.2) is 4.80 Å². The van der Waals surface area contributed by atoms with Gasteiger partial charge in [0, 0.05) is 29.9 Å². The van der Waals surface area contributed by atoms with Crippen LogP contribution in [0.15, 0.2) is 58.9 Å². The van der Waals surface area contributed by atoms with E-state index in [-0.39, 0.29) is 11.7 Å². The fourth-order valence-electron chi connectivity index (χ4n) is 3.26. The summed E-state index contributed by atoms with van der Waals surface area (Å²) in [6.07, 6.45) is -2.77. The molecule has 0 unspecified atom stereocenters. The van der Waals surface area contributed by atoms with Crippen molar-refractivity contribution in [3.8, 4) is 17.0 Å². The van der Waals surface area contributed by atoms with E-state index in [1.165, 1.54) is 23.5 Å². The first-order valence-corrected chi connectivity index (χ1v) is 12.1. The van der Waals surface area contributed by atoms with Crippen LogP contribution in [0.2, 0.25) is 5.02 Å². The number of alkyl halides is 3. The number of aromatic nitrogens is 1. The third-order valence-electron chi connectivity index (χ3n) is 4.85. The van der Waals surface area contributed by atoms with Gasteiger partial charge >= 0.3 is 6.36 Å². The van der Waals surface area contributed by atoms with Gasteiger partial charge in [0.2, 0.25) is 5.91 Å². The Morgan fingerprint density at radius 3 is 2.50 bits per heavy atom. The number of hydrogen-bond donors (Lipinski definition) is 1. The summed E-state index contributed by atoms with van der Waals surface area (Å²) in [6, 6.07) is 13.2. The predicted molar refractivity (Wildman–Crippen MR) is 128 cm³/mol. The number of halogens is 4. The molecular weight excluding hydrogens is 487 g/mol. The van der Waals surface area contributed by atoms with Gasteiger partial charge in [-0.2, -0.15) is 0 Å². The Bertz CT molecular complexity index is 1140. The quantitative estimate of drug-likeness (QED) is 0.331. The predicted octanol–water partition coefficient (Wildman–Crippen LogP) is 6.18. The molecule has 10 heteroatoms. The molecule has 0 bridgehead atoms. The minimum Gasteiger partial charge on any atom is -0.406 e. The molecule has 0 spiro atoms.